The highest BCUT2D eigenvalue weighted by Gasteiger charge is 2.05. The Morgan fingerprint density at radius 3 is 2.54 bits per heavy atom. The van der Waals surface area contributed by atoms with Crippen LogP contribution in [-0.2, 0) is 0 Å². The van der Waals surface area contributed by atoms with E-state index < -0.39 is 0 Å². The van der Waals surface area contributed by atoms with Crippen molar-refractivity contribution in [3.63, 3.8) is 0 Å². The van der Waals surface area contributed by atoms with Crippen molar-refractivity contribution < 1.29 is 0 Å². The zero-order valence-corrected chi connectivity index (χ0v) is 9.99. The van der Waals surface area contributed by atoms with Crippen molar-refractivity contribution in [3.05, 3.63) is 12.7 Å². The largest absolute Gasteiger partial charge is 0.313 e. The average Bonchev–Trinajstić information content (AvgIpc) is 2.04. The molecule has 0 aliphatic carbocycles. The van der Waals surface area contributed by atoms with Crippen LogP contribution < -0.4 is 5.32 Å². The molecular formula is C11H23NS. The van der Waals surface area contributed by atoms with Gasteiger partial charge >= 0.3 is 0 Å². The molecule has 0 aromatic rings. The number of thioether (sulfide) groups is 1. The summed E-state index contributed by atoms with van der Waals surface area (Å²) in [5.41, 5.74) is 0. The van der Waals surface area contributed by atoms with Gasteiger partial charge in [-0.3, -0.25) is 0 Å². The molecule has 0 radical (unpaired) electrons. The Balaban J connectivity index is 3.49. The molecule has 2 heteroatoms. The van der Waals surface area contributed by atoms with Gasteiger partial charge in [-0.1, -0.05) is 26.8 Å². The van der Waals surface area contributed by atoms with Gasteiger partial charge in [0.05, 0.1) is 0 Å². The van der Waals surface area contributed by atoms with Crippen LogP contribution in [0.2, 0.25) is 0 Å². The molecule has 1 nitrogen and oxygen atoms in total. The molecule has 0 aliphatic heterocycles. The van der Waals surface area contributed by atoms with Crippen molar-refractivity contribution in [2.75, 3.05) is 18.1 Å². The molecule has 0 spiro atoms. The van der Waals surface area contributed by atoms with E-state index in [0.29, 0.717) is 6.04 Å². The SMILES string of the molecule is C=CCC(CSCC(C)C)NCC. The fourth-order valence-electron chi connectivity index (χ4n) is 1.15. The molecule has 0 heterocycles. The summed E-state index contributed by atoms with van der Waals surface area (Å²) < 4.78 is 0. The standard InChI is InChI=1S/C11H23NS/c1-5-7-11(12-6-2)9-13-8-10(3)4/h5,10-12H,1,6-9H2,2-4H3. The molecule has 0 fully saturated rings. The lowest BCUT2D eigenvalue weighted by Crippen LogP contribution is -2.30. The van der Waals surface area contributed by atoms with E-state index in [1.54, 1.807) is 0 Å². The van der Waals surface area contributed by atoms with E-state index in [4.69, 9.17) is 0 Å². The smallest absolute Gasteiger partial charge is 0.0192 e. The minimum Gasteiger partial charge on any atom is -0.313 e. The number of hydrogen-bond donors (Lipinski definition) is 1. The molecule has 0 saturated heterocycles. The van der Waals surface area contributed by atoms with Gasteiger partial charge < -0.3 is 5.32 Å². The Morgan fingerprint density at radius 2 is 2.08 bits per heavy atom. The van der Waals surface area contributed by atoms with Crippen molar-refractivity contribution >= 4 is 11.8 Å². The average molecular weight is 201 g/mol. The van der Waals surface area contributed by atoms with Crippen LogP contribution >= 0.6 is 11.8 Å². The van der Waals surface area contributed by atoms with E-state index in [9.17, 15) is 0 Å². The zero-order valence-electron chi connectivity index (χ0n) is 9.18. The summed E-state index contributed by atoms with van der Waals surface area (Å²) in [4.78, 5) is 0. The zero-order chi connectivity index (χ0) is 10.1. The lowest BCUT2D eigenvalue weighted by Gasteiger charge is -2.15. The lowest BCUT2D eigenvalue weighted by molar-refractivity contribution is 0.581. The van der Waals surface area contributed by atoms with Gasteiger partial charge in [0.25, 0.3) is 0 Å². The van der Waals surface area contributed by atoms with E-state index >= 15 is 0 Å². The molecular weight excluding hydrogens is 178 g/mol. The topological polar surface area (TPSA) is 12.0 Å². The first kappa shape index (κ1) is 13.1. The van der Waals surface area contributed by atoms with Crippen LogP contribution in [0.3, 0.4) is 0 Å². The molecule has 13 heavy (non-hydrogen) atoms. The molecule has 78 valence electrons. The maximum absolute atomic E-state index is 3.78. The summed E-state index contributed by atoms with van der Waals surface area (Å²) in [5.74, 6) is 3.27. The Bertz CT molecular complexity index is 123. The van der Waals surface area contributed by atoms with Crippen molar-refractivity contribution in [3.8, 4) is 0 Å². The molecule has 0 aromatic heterocycles. The number of hydrogen-bond acceptors (Lipinski definition) is 2. The highest BCUT2D eigenvalue weighted by molar-refractivity contribution is 7.99. The quantitative estimate of drug-likeness (QED) is 0.606. The third kappa shape index (κ3) is 8.38. The molecule has 1 unspecified atom stereocenters. The first-order valence-electron chi connectivity index (χ1n) is 5.12. The van der Waals surface area contributed by atoms with Crippen molar-refractivity contribution in [2.45, 2.75) is 33.2 Å². The van der Waals surface area contributed by atoms with E-state index in [1.165, 1.54) is 11.5 Å². The molecule has 0 amide bonds. The summed E-state index contributed by atoms with van der Waals surface area (Å²) >= 11 is 2.04. The third-order valence-electron chi connectivity index (χ3n) is 1.71. The van der Waals surface area contributed by atoms with E-state index in [2.05, 4.69) is 32.7 Å². The maximum atomic E-state index is 3.78. The second kappa shape index (κ2) is 8.64. The molecule has 0 aliphatic rings. The van der Waals surface area contributed by atoms with Gasteiger partial charge in [-0.15, -0.1) is 6.58 Å². The Morgan fingerprint density at radius 1 is 1.38 bits per heavy atom. The fourth-order valence-corrected chi connectivity index (χ4v) is 2.29. The second-order valence-electron chi connectivity index (χ2n) is 3.71. The van der Waals surface area contributed by atoms with Gasteiger partial charge in [0.2, 0.25) is 0 Å². The lowest BCUT2D eigenvalue weighted by atomic mass is 10.2. The first-order chi connectivity index (χ1) is 6.20. The Kier molecular flexibility index (Phi) is 8.67. The predicted molar refractivity (Wildman–Crippen MR) is 64.4 cm³/mol. The highest BCUT2D eigenvalue weighted by atomic mass is 32.2. The predicted octanol–water partition coefficient (Wildman–Crippen LogP) is 2.93. The second-order valence-corrected chi connectivity index (χ2v) is 4.79. The molecule has 1 atom stereocenters. The van der Waals surface area contributed by atoms with E-state index in [0.717, 1.165) is 18.9 Å². The highest BCUT2D eigenvalue weighted by Crippen LogP contribution is 2.10. The molecule has 0 aromatic carbocycles. The van der Waals surface area contributed by atoms with Crippen molar-refractivity contribution in [1.82, 2.24) is 5.32 Å². The number of rotatable bonds is 8. The Hall–Kier alpha value is 0.0500. The van der Waals surface area contributed by atoms with Gasteiger partial charge in [0.15, 0.2) is 0 Å². The normalized spacial score (nSPS) is 13.2. The van der Waals surface area contributed by atoms with Gasteiger partial charge in [-0.25, -0.2) is 0 Å². The van der Waals surface area contributed by atoms with Crippen LogP contribution in [0.1, 0.15) is 27.2 Å². The van der Waals surface area contributed by atoms with Gasteiger partial charge in [-0.2, -0.15) is 11.8 Å². The van der Waals surface area contributed by atoms with Crippen LogP contribution in [-0.4, -0.2) is 24.1 Å². The third-order valence-corrected chi connectivity index (χ3v) is 3.25. The Labute approximate surface area is 87.4 Å². The van der Waals surface area contributed by atoms with E-state index in [-0.39, 0.29) is 0 Å². The minimum absolute atomic E-state index is 0.617. The summed E-state index contributed by atoms with van der Waals surface area (Å²) in [6, 6.07) is 0.617. The van der Waals surface area contributed by atoms with Crippen molar-refractivity contribution in [1.29, 1.82) is 0 Å². The van der Waals surface area contributed by atoms with Gasteiger partial charge in [0, 0.05) is 11.8 Å². The molecule has 1 N–H and O–H groups in total. The van der Waals surface area contributed by atoms with Crippen LogP contribution in [0.15, 0.2) is 12.7 Å². The molecule has 0 saturated carbocycles. The van der Waals surface area contributed by atoms with Crippen molar-refractivity contribution in [2.24, 2.45) is 5.92 Å². The summed E-state index contributed by atoms with van der Waals surface area (Å²) in [6.45, 7) is 11.5. The molecule has 0 bridgehead atoms. The van der Waals surface area contributed by atoms with Crippen LogP contribution in [0.25, 0.3) is 0 Å². The minimum atomic E-state index is 0.617. The summed E-state index contributed by atoms with van der Waals surface area (Å²) in [6.07, 6.45) is 3.09. The van der Waals surface area contributed by atoms with Crippen LogP contribution in [0.5, 0.6) is 0 Å². The first-order valence-corrected chi connectivity index (χ1v) is 6.28. The fraction of sp³-hybridized carbons (Fsp3) is 0.818. The summed E-state index contributed by atoms with van der Waals surface area (Å²) in [5, 5.41) is 3.47. The molecule has 0 rings (SSSR count). The van der Waals surface area contributed by atoms with Gasteiger partial charge in [-0.05, 0) is 24.6 Å². The maximum Gasteiger partial charge on any atom is 0.0192 e. The van der Waals surface area contributed by atoms with Crippen LogP contribution in [0.4, 0.5) is 0 Å². The van der Waals surface area contributed by atoms with Crippen LogP contribution in [0, 0.1) is 5.92 Å². The number of nitrogens with one attached hydrogen (secondary N) is 1. The monoisotopic (exact) mass is 201 g/mol. The van der Waals surface area contributed by atoms with Gasteiger partial charge in [0.1, 0.15) is 0 Å². The summed E-state index contributed by atoms with van der Waals surface area (Å²) in [7, 11) is 0. The van der Waals surface area contributed by atoms with E-state index in [1.807, 2.05) is 17.8 Å².